The summed E-state index contributed by atoms with van der Waals surface area (Å²) in [5, 5.41) is 2.77. The highest BCUT2D eigenvalue weighted by Crippen LogP contribution is 2.32. The first-order valence-electron chi connectivity index (χ1n) is 7.62. The Morgan fingerprint density at radius 3 is 2.91 bits per heavy atom. The molecular weight excluding hydrogens is 298 g/mol. The van der Waals surface area contributed by atoms with Gasteiger partial charge in [0.1, 0.15) is 0 Å². The molecule has 1 aromatic rings. The predicted molar refractivity (Wildman–Crippen MR) is 85.1 cm³/mol. The number of benzene rings is 1. The van der Waals surface area contributed by atoms with Crippen LogP contribution in [-0.2, 0) is 14.3 Å². The molecule has 2 rings (SSSR count). The highest BCUT2D eigenvalue weighted by Gasteiger charge is 2.12. The Kier molecular flexibility index (Phi) is 6.02. The second-order valence-electron chi connectivity index (χ2n) is 5.31. The molecule has 0 fully saturated rings. The van der Waals surface area contributed by atoms with Crippen molar-refractivity contribution in [1.29, 1.82) is 0 Å². The van der Waals surface area contributed by atoms with E-state index >= 15 is 0 Å². The van der Waals surface area contributed by atoms with E-state index in [0.29, 0.717) is 11.5 Å². The molecule has 0 spiro atoms. The molecule has 124 valence electrons. The first-order valence-corrected chi connectivity index (χ1v) is 7.62. The number of carbonyl (C=O) groups excluding carboxylic acids is 2. The number of rotatable bonds is 7. The standard InChI is InChI=1S/C17H21NO5/c1-3-4-12(2)18-16(19)10-21-17(20)8-6-13-5-7-14-15(9-13)23-11-22-14/h5-9,12H,3-4,10-11H2,1-2H3,(H,18,19)/b8-6+/t12-/m1/s1. The first kappa shape index (κ1) is 16.9. The maximum absolute atomic E-state index is 11.6. The van der Waals surface area contributed by atoms with Gasteiger partial charge < -0.3 is 19.5 Å². The van der Waals surface area contributed by atoms with E-state index in [1.807, 2.05) is 13.8 Å². The molecule has 0 bridgehead atoms. The summed E-state index contributed by atoms with van der Waals surface area (Å²) < 4.78 is 15.4. The normalized spacial score (nSPS) is 13.8. The van der Waals surface area contributed by atoms with Crippen molar-refractivity contribution >= 4 is 18.0 Å². The molecule has 0 aromatic heterocycles. The molecule has 0 unspecified atom stereocenters. The lowest BCUT2D eigenvalue weighted by Gasteiger charge is -2.12. The maximum atomic E-state index is 11.6. The second kappa shape index (κ2) is 8.22. The molecular formula is C17H21NO5. The topological polar surface area (TPSA) is 73.9 Å². The third kappa shape index (κ3) is 5.32. The van der Waals surface area contributed by atoms with Crippen molar-refractivity contribution < 1.29 is 23.8 Å². The van der Waals surface area contributed by atoms with E-state index in [4.69, 9.17) is 14.2 Å². The number of amides is 1. The largest absolute Gasteiger partial charge is 0.454 e. The molecule has 6 heteroatoms. The highest BCUT2D eigenvalue weighted by molar-refractivity contribution is 5.89. The summed E-state index contributed by atoms with van der Waals surface area (Å²) >= 11 is 0. The molecule has 1 aromatic carbocycles. The van der Waals surface area contributed by atoms with Gasteiger partial charge in [0.15, 0.2) is 18.1 Å². The van der Waals surface area contributed by atoms with Crippen LogP contribution in [0.5, 0.6) is 11.5 Å². The summed E-state index contributed by atoms with van der Waals surface area (Å²) in [6, 6.07) is 5.42. The zero-order chi connectivity index (χ0) is 16.7. The van der Waals surface area contributed by atoms with Crippen LogP contribution in [0.1, 0.15) is 32.3 Å². The number of hydrogen-bond acceptors (Lipinski definition) is 5. The lowest BCUT2D eigenvalue weighted by atomic mass is 10.2. The Morgan fingerprint density at radius 2 is 2.13 bits per heavy atom. The Labute approximate surface area is 135 Å². The smallest absolute Gasteiger partial charge is 0.331 e. The second-order valence-corrected chi connectivity index (χ2v) is 5.31. The van der Waals surface area contributed by atoms with Gasteiger partial charge in [-0.05, 0) is 37.1 Å². The third-order valence-corrected chi connectivity index (χ3v) is 3.28. The van der Waals surface area contributed by atoms with Gasteiger partial charge >= 0.3 is 5.97 Å². The fraction of sp³-hybridized carbons (Fsp3) is 0.412. The summed E-state index contributed by atoms with van der Waals surface area (Å²) in [6.07, 6.45) is 4.76. The van der Waals surface area contributed by atoms with Gasteiger partial charge in [-0.2, -0.15) is 0 Å². The van der Waals surface area contributed by atoms with Gasteiger partial charge in [0.05, 0.1) is 0 Å². The molecule has 6 nitrogen and oxygen atoms in total. The minimum Gasteiger partial charge on any atom is -0.454 e. The fourth-order valence-corrected chi connectivity index (χ4v) is 2.19. The predicted octanol–water partition coefficient (Wildman–Crippen LogP) is 2.28. The molecule has 1 amide bonds. The van der Waals surface area contributed by atoms with Gasteiger partial charge in [-0.25, -0.2) is 4.79 Å². The lowest BCUT2D eigenvalue weighted by Crippen LogP contribution is -2.35. The number of hydrogen-bond donors (Lipinski definition) is 1. The van der Waals surface area contributed by atoms with Crippen molar-refractivity contribution in [3.8, 4) is 11.5 Å². The van der Waals surface area contributed by atoms with Crippen LogP contribution in [0.25, 0.3) is 6.08 Å². The van der Waals surface area contributed by atoms with Crippen LogP contribution >= 0.6 is 0 Å². The summed E-state index contributed by atoms with van der Waals surface area (Å²) in [4.78, 5) is 23.2. The number of nitrogens with one attached hydrogen (secondary N) is 1. The van der Waals surface area contributed by atoms with Gasteiger partial charge in [0, 0.05) is 12.1 Å². The van der Waals surface area contributed by atoms with Crippen LogP contribution in [-0.4, -0.2) is 31.3 Å². The SMILES string of the molecule is CCC[C@@H](C)NC(=O)COC(=O)/C=C/c1ccc2c(c1)OCO2. The zero-order valence-electron chi connectivity index (χ0n) is 13.3. The van der Waals surface area contributed by atoms with Crippen LogP contribution in [0.2, 0.25) is 0 Å². The minimum absolute atomic E-state index is 0.0791. The molecule has 0 saturated heterocycles. The average Bonchev–Trinajstić information content (AvgIpc) is 2.98. The Morgan fingerprint density at radius 1 is 1.35 bits per heavy atom. The summed E-state index contributed by atoms with van der Waals surface area (Å²) in [5.74, 6) is 0.462. The van der Waals surface area contributed by atoms with Gasteiger partial charge in [0.2, 0.25) is 6.79 Å². The average molecular weight is 319 g/mol. The Bertz CT molecular complexity index is 597. The highest BCUT2D eigenvalue weighted by atomic mass is 16.7. The van der Waals surface area contributed by atoms with E-state index in [9.17, 15) is 9.59 Å². The van der Waals surface area contributed by atoms with Gasteiger partial charge in [-0.3, -0.25) is 4.79 Å². The zero-order valence-corrected chi connectivity index (χ0v) is 13.3. The number of carbonyl (C=O) groups is 2. The molecule has 1 heterocycles. The van der Waals surface area contributed by atoms with E-state index in [1.54, 1.807) is 24.3 Å². The van der Waals surface area contributed by atoms with Crippen molar-refractivity contribution in [2.24, 2.45) is 0 Å². The lowest BCUT2D eigenvalue weighted by molar-refractivity contribution is -0.144. The van der Waals surface area contributed by atoms with Gasteiger partial charge in [-0.15, -0.1) is 0 Å². The van der Waals surface area contributed by atoms with Crippen molar-refractivity contribution in [2.75, 3.05) is 13.4 Å². The van der Waals surface area contributed by atoms with Gasteiger partial charge in [0.25, 0.3) is 5.91 Å². The van der Waals surface area contributed by atoms with Crippen LogP contribution in [0, 0.1) is 0 Å². The van der Waals surface area contributed by atoms with Crippen molar-refractivity contribution in [1.82, 2.24) is 5.32 Å². The van der Waals surface area contributed by atoms with E-state index in [-0.39, 0.29) is 25.3 Å². The Hall–Kier alpha value is -2.50. The van der Waals surface area contributed by atoms with Crippen LogP contribution in [0.3, 0.4) is 0 Å². The van der Waals surface area contributed by atoms with Crippen LogP contribution < -0.4 is 14.8 Å². The molecule has 1 aliphatic rings. The molecule has 23 heavy (non-hydrogen) atoms. The molecule has 0 radical (unpaired) electrons. The third-order valence-electron chi connectivity index (χ3n) is 3.28. The molecule has 1 aliphatic heterocycles. The van der Waals surface area contributed by atoms with Crippen LogP contribution in [0.4, 0.5) is 0 Å². The van der Waals surface area contributed by atoms with Crippen molar-refractivity contribution in [2.45, 2.75) is 32.7 Å². The quantitative estimate of drug-likeness (QED) is 0.616. The van der Waals surface area contributed by atoms with E-state index in [1.165, 1.54) is 6.08 Å². The first-order chi connectivity index (χ1) is 11.1. The number of fused-ring (bicyclic) bond motifs is 1. The molecule has 0 aliphatic carbocycles. The van der Waals surface area contributed by atoms with E-state index < -0.39 is 5.97 Å². The van der Waals surface area contributed by atoms with Gasteiger partial charge in [-0.1, -0.05) is 19.4 Å². The number of ether oxygens (including phenoxy) is 3. The van der Waals surface area contributed by atoms with E-state index in [2.05, 4.69) is 5.32 Å². The molecule has 0 saturated carbocycles. The van der Waals surface area contributed by atoms with Crippen LogP contribution in [0.15, 0.2) is 24.3 Å². The number of esters is 1. The summed E-state index contributed by atoms with van der Waals surface area (Å²) in [7, 11) is 0. The molecule has 1 atom stereocenters. The van der Waals surface area contributed by atoms with Crippen molar-refractivity contribution in [3.05, 3.63) is 29.8 Å². The van der Waals surface area contributed by atoms with Crippen molar-refractivity contribution in [3.63, 3.8) is 0 Å². The minimum atomic E-state index is -0.569. The van der Waals surface area contributed by atoms with E-state index in [0.717, 1.165) is 18.4 Å². The Balaban J connectivity index is 1.77. The maximum Gasteiger partial charge on any atom is 0.331 e. The summed E-state index contributed by atoms with van der Waals surface area (Å²) in [6.45, 7) is 3.89. The molecule has 1 N–H and O–H groups in total. The monoisotopic (exact) mass is 319 g/mol. The fourth-order valence-electron chi connectivity index (χ4n) is 2.19. The summed E-state index contributed by atoms with van der Waals surface area (Å²) in [5.41, 5.74) is 0.784.